The van der Waals surface area contributed by atoms with Crippen molar-refractivity contribution in [2.45, 2.75) is 26.2 Å². The molecule has 22 heavy (non-hydrogen) atoms. The number of likely N-dealkylation sites (tertiary alicyclic amines) is 1. The highest BCUT2D eigenvalue weighted by molar-refractivity contribution is 6.31. The standard InChI is InChI=1S/C16H19ClN2O3/c1-10-12(17)5-2-6-13(10)18-15(22)19-8-11-4-3-7-16(11,9-19)14(20)21/h2,5-6,11H,3-4,7-9H2,1H3,(H,18,22)(H,20,21)/t11-,16+/m0/s1. The van der Waals surface area contributed by atoms with Crippen LogP contribution in [0.15, 0.2) is 18.2 Å². The summed E-state index contributed by atoms with van der Waals surface area (Å²) < 4.78 is 0. The van der Waals surface area contributed by atoms with Gasteiger partial charge in [0, 0.05) is 23.8 Å². The second-order valence-corrected chi connectivity index (χ2v) is 6.68. The Labute approximate surface area is 134 Å². The van der Waals surface area contributed by atoms with Crippen molar-refractivity contribution in [3.05, 3.63) is 28.8 Å². The second kappa shape index (κ2) is 5.47. The Morgan fingerprint density at radius 2 is 2.23 bits per heavy atom. The Balaban J connectivity index is 1.75. The number of halogens is 1. The van der Waals surface area contributed by atoms with Crippen LogP contribution in [0.25, 0.3) is 0 Å². The smallest absolute Gasteiger partial charge is 0.321 e. The first-order valence-corrected chi connectivity index (χ1v) is 7.86. The van der Waals surface area contributed by atoms with Crippen LogP contribution in [0.5, 0.6) is 0 Å². The second-order valence-electron chi connectivity index (χ2n) is 6.27. The van der Waals surface area contributed by atoms with Gasteiger partial charge in [-0.05, 0) is 43.4 Å². The number of carboxylic acids is 1. The molecule has 0 spiro atoms. The van der Waals surface area contributed by atoms with Gasteiger partial charge >= 0.3 is 12.0 Å². The molecule has 5 nitrogen and oxygen atoms in total. The lowest BCUT2D eigenvalue weighted by atomic mass is 9.81. The molecule has 2 N–H and O–H groups in total. The molecule has 1 aromatic rings. The fourth-order valence-electron chi connectivity index (χ4n) is 3.73. The maximum Gasteiger partial charge on any atom is 0.321 e. The van der Waals surface area contributed by atoms with E-state index in [1.54, 1.807) is 23.1 Å². The van der Waals surface area contributed by atoms with Crippen molar-refractivity contribution in [2.24, 2.45) is 11.3 Å². The largest absolute Gasteiger partial charge is 0.481 e. The average Bonchev–Trinajstić information content (AvgIpc) is 3.01. The van der Waals surface area contributed by atoms with Gasteiger partial charge in [0.2, 0.25) is 0 Å². The summed E-state index contributed by atoms with van der Waals surface area (Å²) in [6.45, 7) is 2.64. The molecule has 1 aliphatic carbocycles. The molecule has 0 radical (unpaired) electrons. The molecule has 1 aromatic carbocycles. The van der Waals surface area contributed by atoms with Crippen molar-refractivity contribution in [1.29, 1.82) is 0 Å². The summed E-state index contributed by atoms with van der Waals surface area (Å²) in [5.74, 6) is -0.708. The van der Waals surface area contributed by atoms with Crippen molar-refractivity contribution in [2.75, 3.05) is 18.4 Å². The summed E-state index contributed by atoms with van der Waals surface area (Å²) in [5, 5.41) is 13.0. The molecular formula is C16H19ClN2O3. The highest BCUT2D eigenvalue weighted by Crippen LogP contribution is 2.49. The topological polar surface area (TPSA) is 69.6 Å². The van der Waals surface area contributed by atoms with E-state index in [1.807, 2.05) is 6.92 Å². The van der Waals surface area contributed by atoms with E-state index in [0.717, 1.165) is 18.4 Å². The molecule has 2 fully saturated rings. The number of aliphatic carboxylic acids is 1. The number of benzene rings is 1. The zero-order chi connectivity index (χ0) is 15.9. The van der Waals surface area contributed by atoms with E-state index in [-0.39, 0.29) is 11.9 Å². The van der Waals surface area contributed by atoms with Crippen molar-refractivity contribution in [3.63, 3.8) is 0 Å². The third-order valence-corrected chi connectivity index (χ3v) is 5.50. The van der Waals surface area contributed by atoms with E-state index in [2.05, 4.69) is 5.32 Å². The Morgan fingerprint density at radius 3 is 2.91 bits per heavy atom. The maximum absolute atomic E-state index is 12.5. The first-order valence-electron chi connectivity index (χ1n) is 7.48. The molecule has 1 saturated carbocycles. The summed E-state index contributed by atoms with van der Waals surface area (Å²) >= 11 is 6.06. The van der Waals surface area contributed by atoms with Gasteiger partial charge in [-0.3, -0.25) is 4.79 Å². The number of carboxylic acid groups (broad SMARTS) is 1. The summed E-state index contributed by atoms with van der Waals surface area (Å²) in [5.41, 5.74) is 0.726. The van der Waals surface area contributed by atoms with Crippen LogP contribution >= 0.6 is 11.6 Å². The lowest BCUT2D eigenvalue weighted by Crippen LogP contribution is -2.38. The number of nitrogens with one attached hydrogen (secondary N) is 1. The minimum absolute atomic E-state index is 0.0659. The molecular weight excluding hydrogens is 304 g/mol. The number of urea groups is 1. The van der Waals surface area contributed by atoms with E-state index in [0.29, 0.717) is 30.2 Å². The molecule has 0 bridgehead atoms. The van der Waals surface area contributed by atoms with E-state index in [1.165, 1.54) is 0 Å². The van der Waals surface area contributed by atoms with Gasteiger partial charge in [0.05, 0.1) is 5.41 Å². The van der Waals surface area contributed by atoms with E-state index in [4.69, 9.17) is 11.6 Å². The predicted octanol–water partition coefficient (Wildman–Crippen LogP) is 3.37. The molecule has 2 aliphatic rings. The Bertz CT molecular complexity index is 634. The lowest BCUT2D eigenvalue weighted by molar-refractivity contribution is -0.149. The van der Waals surface area contributed by atoms with Crippen LogP contribution in [0.3, 0.4) is 0 Å². The minimum atomic E-state index is -0.774. The molecule has 1 saturated heterocycles. The van der Waals surface area contributed by atoms with Crippen molar-refractivity contribution in [1.82, 2.24) is 4.90 Å². The van der Waals surface area contributed by atoms with Crippen molar-refractivity contribution in [3.8, 4) is 0 Å². The van der Waals surface area contributed by atoms with Gasteiger partial charge in [0.15, 0.2) is 0 Å². The molecule has 3 rings (SSSR count). The molecule has 118 valence electrons. The van der Waals surface area contributed by atoms with Crippen LogP contribution in [0.1, 0.15) is 24.8 Å². The number of fused-ring (bicyclic) bond motifs is 1. The van der Waals surface area contributed by atoms with Gasteiger partial charge in [-0.25, -0.2) is 4.79 Å². The molecule has 0 unspecified atom stereocenters. The summed E-state index contributed by atoms with van der Waals surface area (Å²) in [6, 6.07) is 5.10. The zero-order valence-corrected chi connectivity index (χ0v) is 13.2. The van der Waals surface area contributed by atoms with E-state index >= 15 is 0 Å². The number of amides is 2. The maximum atomic E-state index is 12.5. The monoisotopic (exact) mass is 322 g/mol. The molecule has 1 aliphatic heterocycles. The zero-order valence-electron chi connectivity index (χ0n) is 12.4. The Morgan fingerprint density at radius 1 is 1.45 bits per heavy atom. The van der Waals surface area contributed by atoms with Crippen LogP contribution < -0.4 is 5.32 Å². The number of hydrogen-bond donors (Lipinski definition) is 2. The van der Waals surface area contributed by atoms with Gasteiger partial charge in [-0.2, -0.15) is 0 Å². The number of carbonyl (C=O) groups is 2. The van der Waals surface area contributed by atoms with Crippen molar-refractivity contribution >= 4 is 29.3 Å². The van der Waals surface area contributed by atoms with Crippen LogP contribution in [0.4, 0.5) is 10.5 Å². The number of hydrogen-bond acceptors (Lipinski definition) is 2. The van der Waals surface area contributed by atoms with Gasteiger partial charge in [0.1, 0.15) is 0 Å². The first-order chi connectivity index (χ1) is 10.4. The normalized spacial score (nSPS) is 26.8. The predicted molar refractivity (Wildman–Crippen MR) is 84.2 cm³/mol. The third-order valence-electron chi connectivity index (χ3n) is 5.09. The fraction of sp³-hybridized carbons (Fsp3) is 0.500. The molecule has 1 heterocycles. The number of nitrogens with zero attached hydrogens (tertiary/aromatic N) is 1. The Kier molecular flexibility index (Phi) is 3.77. The van der Waals surface area contributed by atoms with Crippen LogP contribution in [-0.2, 0) is 4.79 Å². The highest BCUT2D eigenvalue weighted by atomic mass is 35.5. The number of carbonyl (C=O) groups excluding carboxylic acids is 1. The van der Waals surface area contributed by atoms with Crippen LogP contribution in [-0.4, -0.2) is 35.1 Å². The minimum Gasteiger partial charge on any atom is -0.481 e. The van der Waals surface area contributed by atoms with Crippen LogP contribution in [0.2, 0.25) is 5.02 Å². The molecule has 2 atom stereocenters. The quantitative estimate of drug-likeness (QED) is 0.877. The van der Waals surface area contributed by atoms with Crippen molar-refractivity contribution < 1.29 is 14.7 Å². The summed E-state index contributed by atoms with van der Waals surface area (Å²) in [7, 11) is 0. The highest BCUT2D eigenvalue weighted by Gasteiger charge is 2.55. The SMILES string of the molecule is Cc1c(Cl)cccc1NC(=O)N1C[C@@H]2CCC[C@@]2(C(=O)O)C1. The van der Waals surface area contributed by atoms with Gasteiger partial charge < -0.3 is 15.3 Å². The molecule has 0 aromatic heterocycles. The first kappa shape index (κ1) is 15.2. The van der Waals surface area contributed by atoms with Gasteiger partial charge in [-0.15, -0.1) is 0 Å². The fourth-order valence-corrected chi connectivity index (χ4v) is 3.91. The number of anilines is 1. The molecule has 6 heteroatoms. The summed E-state index contributed by atoms with van der Waals surface area (Å²) in [6.07, 6.45) is 2.47. The van der Waals surface area contributed by atoms with Gasteiger partial charge in [0.25, 0.3) is 0 Å². The van der Waals surface area contributed by atoms with E-state index < -0.39 is 11.4 Å². The number of rotatable bonds is 2. The molecule has 2 amide bonds. The summed E-state index contributed by atoms with van der Waals surface area (Å²) in [4.78, 5) is 25.7. The van der Waals surface area contributed by atoms with Gasteiger partial charge in [-0.1, -0.05) is 24.1 Å². The van der Waals surface area contributed by atoms with Crippen LogP contribution in [0, 0.1) is 18.3 Å². The average molecular weight is 323 g/mol. The lowest BCUT2D eigenvalue weighted by Gasteiger charge is -2.23. The Hall–Kier alpha value is -1.75. The van der Waals surface area contributed by atoms with E-state index in [9.17, 15) is 14.7 Å². The third kappa shape index (κ3) is 2.33.